The Balaban J connectivity index is 1.87. The van der Waals surface area contributed by atoms with Gasteiger partial charge in [0.15, 0.2) is 6.61 Å². The molecule has 0 fully saturated rings. The second-order valence-electron chi connectivity index (χ2n) is 5.39. The molecular weight excluding hydrogens is 290 g/mol. The monoisotopic (exact) mass is 311 g/mol. The number of benzene rings is 2. The summed E-state index contributed by atoms with van der Waals surface area (Å²) in [6.07, 6.45) is 0.627. The number of rotatable bonds is 6. The molecule has 0 aromatic heterocycles. The van der Waals surface area contributed by atoms with Gasteiger partial charge in [0.05, 0.1) is 5.92 Å². The Kier molecular flexibility index (Phi) is 5.92. The predicted molar refractivity (Wildman–Crippen MR) is 90.2 cm³/mol. The van der Waals surface area contributed by atoms with Gasteiger partial charge >= 0.3 is 5.97 Å². The van der Waals surface area contributed by atoms with Crippen molar-refractivity contribution < 1.29 is 14.3 Å². The Morgan fingerprint density at radius 3 is 2.30 bits per heavy atom. The fourth-order valence-electron chi connectivity index (χ4n) is 2.30. The van der Waals surface area contributed by atoms with Crippen LogP contribution in [0.2, 0.25) is 0 Å². The SMILES string of the molecule is CCC(C(=O)OCC(=O)Nc1ccc(C)cc1)c1ccccc1. The van der Waals surface area contributed by atoms with Crippen molar-refractivity contribution in [1.29, 1.82) is 0 Å². The van der Waals surface area contributed by atoms with Crippen LogP contribution < -0.4 is 5.32 Å². The molecule has 2 aromatic rings. The van der Waals surface area contributed by atoms with E-state index in [2.05, 4.69) is 5.32 Å². The van der Waals surface area contributed by atoms with Crippen molar-refractivity contribution in [1.82, 2.24) is 0 Å². The minimum Gasteiger partial charge on any atom is -0.455 e. The Morgan fingerprint density at radius 2 is 1.70 bits per heavy atom. The quantitative estimate of drug-likeness (QED) is 0.828. The molecule has 1 amide bonds. The summed E-state index contributed by atoms with van der Waals surface area (Å²) in [5.74, 6) is -1.06. The highest BCUT2D eigenvalue weighted by Crippen LogP contribution is 2.20. The van der Waals surface area contributed by atoms with Crippen LogP contribution in [-0.4, -0.2) is 18.5 Å². The van der Waals surface area contributed by atoms with Gasteiger partial charge in [-0.05, 0) is 31.0 Å². The van der Waals surface area contributed by atoms with Gasteiger partial charge in [0.2, 0.25) is 0 Å². The van der Waals surface area contributed by atoms with E-state index in [9.17, 15) is 9.59 Å². The summed E-state index contributed by atoms with van der Waals surface area (Å²) in [6.45, 7) is 3.61. The molecule has 0 aliphatic carbocycles. The fourth-order valence-corrected chi connectivity index (χ4v) is 2.30. The van der Waals surface area contributed by atoms with Crippen LogP contribution >= 0.6 is 0 Å². The summed E-state index contributed by atoms with van der Waals surface area (Å²) >= 11 is 0. The van der Waals surface area contributed by atoms with E-state index >= 15 is 0 Å². The lowest BCUT2D eigenvalue weighted by atomic mass is 9.97. The maximum Gasteiger partial charge on any atom is 0.313 e. The summed E-state index contributed by atoms with van der Waals surface area (Å²) in [6, 6.07) is 16.9. The maximum absolute atomic E-state index is 12.2. The van der Waals surface area contributed by atoms with Crippen molar-refractivity contribution >= 4 is 17.6 Å². The van der Waals surface area contributed by atoms with Crippen molar-refractivity contribution in [3.8, 4) is 0 Å². The first-order valence-corrected chi connectivity index (χ1v) is 7.68. The molecule has 1 atom stereocenters. The second-order valence-corrected chi connectivity index (χ2v) is 5.39. The maximum atomic E-state index is 12.2. The van der Waals surface area contributed by atoms with Gasteiger partial charge in [-0.2, -0.15) is 0 Å². The molecule has 0 saturated carbocycles. The number of hydrogen-bond acceptors (Lipinski definition) is 3. The van der Waals surface area contributed by atoms with Crippen LogP contribution in [0.5, 0.6) is 0 Å². The molecule has 1 N–H and O–H groups in total. The fraction of sp³-hybridized carbons (Fsp3) is 0.263. The highest BCUT2D eigenvalue weighted by molar-refractivity contribution is 5.93. The van der Waals surface area contributed by atoms with E-state index in [1.165, 1.54) is 0 Å². The summed E-state index contributed by atoms with van der Waals surface area (Å²) in [7, 11) is 0. The van der Waals surface area contributed by atoms with Crippen LogP contribution in [0.25, 0.3) is 0 Å². The number of aryl methyl sites for hydroxylation is 1. The van der Waals surface area contributed by atoms with Crippen molar-refractivity contribution in [3.05, 3.63) is 65.7 Å². The normalized spacial score (nSPS) is 11.6. The van der Waals surface area contributed by atoms with E-state index in [0.717, 1.165) is 11.1 Å². The molecule has 0 aliphatic heterocycles. The molecule has 0 bridgehead atoms. The lowest BCUT2D eigenvalue weighted by Gasteiger charge is -2.14. The Hall–Kier alpha value is -2.62. The van der Waals surface area contributed by atoms with Gasteiger partial charge in [0.1, 0.15) is 0 Å². The van der Waals surface area contributed by atoms with Crippen LogP contribution in [0.4, 0.5) is 5.69 Å². The van der Waals surface area contributed by atoms with Gasteiger partial charge in [-0.3, -0.25) is 9.59 Å². The van der Waals surface area contributed by atoms with E-state index in [0.29, 0.717) is 12.1 Å². The zero-order chi connectivity index (χ0) is 16.7. The zero-order valence-electron chi connectivity index (χ0n) is 13.4. The van der Waals surface area contributed by atoms with E-state index in [-0.39, 0.29) is 24.4 Å². The number of esters is 1. The van der Waals surface area contributed by atoms with E-state index in [1.807, 2.05) is 68.4 Å². The second kappa shape index (κ2) is 8.13. The average Bonchev–Trinajstić information content (AvgIpc) is 2.57. The van der Waals surface area contributed by atoms with Crippen LogP contribution in [0, 0.1) is 6.92 Å². The number of carbonyl (C=O) groups is 2. The van der Waals surface area contributed by atoms with Gasteiger partial charge in [0, 0.05) is 5.69 Å². The number of carbonyl (C=O) groups excluding carboxylic acids is 2. The smallest absolute Gasteiger partial charge is 0.313 e. The van der Waals surface area contributed by atoms with Crippen LogP contribution in [0.3, 0.4) is 0 Å². The van der Waals surface area contributed by atoms with Crippen molar-refractivity contribution in [2.75, 3.05) is 11.9 Å². The van der Waals surface area contributed by atoms with Crippen LogP contribution in [-0.2, 0) is 14.3 Å². The molecule has 2 rings (SSSR count). The van der Waals surface area contributed by atoms with E-state index < -0.39 is 0 Å². The van der Waals surface area contributed by atoms with Gasteiger partial charge in [0.25, 0.3) is 5.91 Å². The van der Waals surface area contributed by atoms with Crippen molar-refractivity contribution in [2.24, 2.45) is 0 Å². The van der Waals surface area contributed by atoms with Crippen LogP contribution in [0.1, 0.15) is 30.4 Å². The summed E-state index contributed by atoms with van der Waals surface area (Å²) in [5.41, 5.74) is 2.70. The third kappa shape index (κ3) is 4.95. The highest BCUT2D eigenvalue weighted by atomic mass is 16.5. The first kappa shape index (κ1) is 16.7. The Morgan fingerprint density at radius 1 is 1.04 bits per heavy atom. The molecule has 0 saturated heterocycles. The van der Waals surface area contributed by atoms with Gasteiger partial charge in [-0.25, -0.2) is 0 Å². The average molecular weight is 311 g/mol. The van der Waals surface area contributed by atoms with Crippen LogP contribution in [0.15, 0.2) is 54.6 Å². The minimum atomic E-state index is -0.377. The molecule has 4 heteroatoms. The molecule has 23 heavy (non-hydrogen) atoms. The molecule has 0 heterocycles. The third-order valence-electron chi connectivity index (χ3n) is 3.58. The van der Waals surface area contributed by atoms with E-state index in [1.54, 1.807) is 0 Å². The lowest BCUT2D eigenvalue weighted by molar-refractivity contribution is -0.149. The molecule has 120 valence electrons. The molecule has 4 nitrogen and oxygen atoms in total. The molecule has 2 aromatic carbocycles. The summed E-state index contributed by atoms with van der Waals surface area (Å²) in [4.78, 5) is 24.0. The number of hydrogen-bond donors (Lipinski definition) is 1. The minimum absolute atomic E-state index is 0.282. The largest absolute Gasteiger partial charge is 0.455 e. The first-order valence-electron chi connectivity index (χ1n) is 7.68. The van der Waals surface area contributed by atoms with Gasteiger partial charge < -0.3 is 10.1 Å². The molecular formula is C19H21NO3. The molecule has 0 spiro atoms. The molecule has 0 aliphatic rings. The zero-order valence-corrected chi connectivity index (χ0v) is 13.4. The highest BCUT2D eigenvalue weighted by Gasteiger charge is 2.20. The topological polar surface area (TPSA) is 55.4 Å². The van der Waals surface area contributed by atoms with Gasteiger partial charge in [-0.15, -0.1) is 0 Å². The lowest BCUT2D eigenvalue weighted by Crippen LogP contribution is -2.23. The Bertz CT molecular complexity index is 650. The molecule has 0 radical (unpaired) electrons. The Labute approximate surface area is 136 Å². The third-order valence-corrected chi connectivity index (χ3v) is 3.58. The number of ether oxygens (including phenoxy) is 1. The summed E-state index contributed by atoms with van der Waals surface area (Å²) in [5, 5.41) is 2.71. The standard InChI is InChI=1S/C19H21NO3/c1-3-17(15-7-5-4-6-8-15)19(22)23-13-18(21)20-16-11-9-14(2)10-12-16/h4-12,17H,3,13H2,1-2H3,(H,20,21). The predicted octanol–water partition coefficient (Wildman–Crippen LogP) is 3.67. The van der Waals surface area contributed by atoms with Gasteiger partial charge in [-0.1, -0.05) is 55.0 Å². The first-order chi connectivity index (χ1) is 11.1. The van der Waals surface area contributed by atoms with Crippen molar-refractivity contribution in [3.63, 3.8) is 0 Å². The summed E-state index contributed by atoms with van der Waals surface area (Å²) < 4.78 is 5.16. The number of anilines is 1. The number of amides is 1. The van der Waals surface area contributed by atoms with E-state index in [4.69, 9.17) is 4.74 Å². The van der Waals surface area contributed by atoms with Crippen molar-refractivity contribution in [2.45, 2.75) is 26.2 Å². The molecule has 1 unspecified atom stereocenters. The number of nitrogens with one attached hydrogen (secondary N) is 1.